The van der Waals surface area contributed by atoms with E-state index in [0.29, 0.717) is 19.6 Å². The first-order chi connectivity index (χ1) is 6.34. The van der Waals surface area contributed by atoms with E-state index >= 15 is 0 Å². The van der Waals surface area contributed by atoms with Crippen molar-refractivity contribution in [3.05, 3.63) is 35.6 Å². The molecule has 0 amide bonds. The van der Waals surface area contributed by atoms with Gasteiger partial charge in [0.1, 0.15) is 5.82 Å². The molecular weight excluding hydrogens is 235 g/mol. The van der Waals surface area contributed by atoms with Crippen molar-refractivity contribution in [2.24, 2.45) is 0 Å². The first-order valence-electron chi connectivity index (χ1n) is 4.21. The van der Waals surface area contributed by atoms with Crippen molar-refractivity contribution < 1.29 is 9.13 Å². The minimum absolute atomic E-state index is 0.148. The van der Waals surface area contributed by atoms with Gasteiger partial charge in [0.15, 0.2) is 0 Å². The predicted octanol–water partition coefficient (Wildman–Crippen LogP) is 2.78. The van der Waals surface area contributed by atoms with Crippen LogP contribution in [0.25, 0.3) is 0 Å². The SMILES string of the molecule is Fc1ccccc1CCOCCBr. The average Bonchev–Trinajstić information content (AvgIpc) is 2.15. The van der Waals surface area contributed by atoms with Crippen LogP contribution >= 0.6 is 15.9 Å². The van der Waals surface area contributed by atoms with E-state index in [2.05, 4.69) is 15.9 Å². The van der Waals surface area contributed by atoms with E-state index in [0.717, 1.165) is 10.9 Å². The minimum atomic E-state index is -0.148. The maximum Gasteiger partial charge on any atom is 0.126 e. The smallest absolute Gasteiger partial charge is 0.126 e. The van der Waals surface area contributed by atoms with Crippen molar-refractivity contribution in [1.82, 2.24) is 0 Å². The van der Waals surface area contributed by atoms with Crippen molar-refractivity contribution in [3.63, 3.8) is 0 Å². The second-order valence-corrected chi connectivity index (χ2v) is 3.44. The maximum atomic E-state index is 13.0. The Bertz CT molecular complexity index is 252. The molecule has 13 heavy (non-hydrogen) atoms. The second kappa shape index (κ2) is 6.11. The van der Waals surface area contributed by atoms with E-state index in [-0.39, 0.29) is 5.82 Å². The van der Waals surface area contributed by atoms with Crippen LogP contribution in [-0.4, -0.2) is 18.5 Å². The van der Waals surface area contributed by atoms with E-state index in [9.17, 15) is 4.39 Å². The number of rotatable bonds is 5. The van der Waals surface area contributed by atoms with Gasteiger partial charge in [0.2, 0.25) is 0 Å². The first kappa shape index (κ1) is 10.7. The molecule has 0 aliphatic rings. The Balaban J connectivity index is 2.32. The molecule has 3 heteroatoms. The Kier molecular flexibility index (Phi) is 5.01. The molecule has 0 saturated carbocycles. The van der Waals surface area contributed by atoms with Crippen LogP contribution < -0.4 is 0 Å². The lowest BCUT2D eigenvalue weighted by atomic mass is 10.1. The van der Waals surface area contributed by atoms with E-state index in [1.165, 1.54) is 6.07 Å². The van der Waals surface area contributed by atoms with Crippen molar-refractivity contribution in [2.75, 3.05) is 18.5 Å². The zero-order valence-corrected chi connectivity index (χ0v) is 8.89. The maximum absolute atomic E-state index is 13.0. The standard InChI is InChI=1S/C10H12BrFO/c11-6-8-13-7-5-9-3-1-2-4-10(9)12/h1-4H,5-8H2. The van der Waals surface area contributed by atoms with Crippen LogP contribution in [0.2, 0.25) is 0 Å². The number of ether oxygens (including phenoxy) is 1. The van der Waals surface area contributed by atoms with Crippen LogP contribution in [0, 0.1) is 5.82 Å². The van der Waals surface area contributed by atoms with Gasteiger partial charge in [0.25, 0.3) is 0 Å². The molecule has 0 radical (unpaired) electrons. The quantitative estimate of drug-likeness (QED) is 0.574. The number of hydrogen-bond donors (Lipinski definition) is 0. The summed E-state index contributed by atoms with van der Waals surface area (Å²) in [6, 6.07) is 6.79. The van der Waals surface area contributed by atoms with Crippen molar-refractivity contribution in [1.29, 1.82) is 0 Å². The molecule has 1 aromatic rings. The van der Waals surface area contributed by atoms with Crippen LogP contribution in [0.1, 0.15) is 5.56 Å². The van der Waals surface area contributed by atoms with Gasteiger partial charge in [-0.3, -0.25) is 0 Å². The van der Waals surface area contributed by atoms with E-state index in [1.54, 1.807) is 12.1 Å². The van der Waals surface area contributed by atoms with Gasteiger partial charge in [-0.2, -0.15) is 0 Å². The second-order valence-electron chi connectivity index (χ2n) is 2.64. The highest BCUT2D eigenvalue weighted by Crippen LogP contribution is 2.06. The van der Waals surface area contributed by atoms with Crippen molar-refractivity contribution in [3.8, 4) is 0 Å². The highest BCUT2D eigenvalue weighted by atomic mass is 79.9. The molecule has 0 unspecified atom stereocenters. The van der Waals surface area contributed by atoms with Gasteiger partial charge in [-0.25, -0.2) is 4.39 Å². The molecule has 0 fully saturated rings. The fraction of sp³-hybridized carbons (Fsp3) is 0.400. The van der Waals surface area contributed by atoms with Gasteiger partial charge >= 0.3 is 0 Å². The van der Waals surface area contributed by atoms with Crippen molar-refractivity contribution in [2.45, 2.75) is 6.42 Å². The van der Waals surface area contributed by atoms with Crippen LogP contribution in [0.15, 0.2) is 24.3 Å². The molecule has 0 bridgehead atoms. The summed E-state index contributed by atoms with van der Waals surface area (Å²) in [6.07, 6.45) is 0.639. The fourth-order valence-electron chi connectivity index (χ4n) is 1.04. The Morgan fingerprint density at radius 1 is 1.23 bits per heavy atom. The molecule has 0 N–H and O–H groups in total. The third-order valence-electron chi connectivity index (χ3n) is 1.70. The van der Waals surface area contributed by atoms with E-state index in [4.69, 9.17) is 4.74 Å². The van der Waals surface area contributed by atoms with Gasteiger partial charge in [0.05, 0.1) is 13.2 Å². The third kappa shape index (κ3) is 3.87. The lowest BCUT2D eigenvalue weighted by Crippen LogP contribution is -2.02. The van der Waals surface area contributed by atoms with E-state index < -0.39 is 0 Å². The van der Waals surface area contributed by atoms with Gasteiger partial charge in [-0.05, 0) is 18.1 Å². The summed E-state index contributed by atoms with van der Waals surface area (Å²) < 4.78 is 18.3. The third-order valence-corrected chi connectivity index (χ3v) is 2.02. The first-order valence-corrected chi connectivity index (χ1v) is 5.34. The topological polar surface area (TPSA) is 9.23 Å². The van der Waals surface area contributed by atoms with Gasteiger partial charge < -0.3 is 4.74 Å². The Labute approximate surface area is 86.0 Å². The summed E-state index contributed by atoms with van der Waals surface area (Å²) in [7, 11) is 0. The molecule has 1 aromatic carbocycles. The van der Waals surface area contributed by atoms with Crippen LogP contribution in [0.4, 0.5) is 4.39 Å². The largest absolute Gasteiger partial charge is 0.380 e. The summed E-state index contributed by atoms with van der Waals surface area (Å²) in [4.78, 5) is 0. The monoisotopic (exact) mass is 246 g/mol. The molecule has 0 heterocycles. The lowest BCUT2D eigenvalue weighted by Gasteiger charge is -2.03. The highest BCUT2D eigenvalue weighted by Gasteiger charge is 1.99. The van der Waals surface area contributed by atoms with Crippen molar-refractivity contribution >= 4 is 15.9 Å². The summed E-state index contributed by atoms with van der Waals surface area (Å²) >= 11 is 3.25. The number of alkyl halides is 1. The molecule has 0 aliphatic carbocycles. The Morgan fingerprint density at radius 2 is 2.00 bits per heavy atom. The van der Waals surface area contributed by atoms with E-state index in [1.807, 2.05) is 6.07 Å². The zero-order valence-electron chi connectivity index (χ0n) is 7.30. The fourth-order valence-corrected chi connectivity index (χ4v) is 1.27. The molecule has 0 atom stereocenters. The summed E-state index contributed by atoms with van der Waals surface area (Å²) in [6.45, 7) is 1.25. The molecular formula is C10H12BrFO. The normalized spacial score (nSPS) is 10.3. The molecule has 1 nitrogen and oxygen atoms in total. The molecule has 72 valence electrons. The number of hydrogen-bond acceptors (Lipinski definition) is 1. The predicted molar refractivity (Wildman–Crippen MR) is 54.7 cm³/mol. The summed E-state index contributed by atoms with van der Waals surface area (Å²) in [5.41, 5.74) is 0.720. The lowest BCUT2D eigenvalue weighted by molar-refractivity contribution is 0.153. The number of halogens is 2. The molecule has 0 spiro atoms. The minimum Gasteiger partial charge on any atom is -0.380 e. The van der Waals surface area contributed by atoms with Gasteiger partial charge in [-0.15, -0.1) is 0 Å². The molecule has 0 saturated heterocycles. The molecule has 1 rings (SSSR count). The summed E-state index contributed by atoms with van der Waals surface area (Å²) in [5, 5.41) is 0.824. The Morgan fingerprint density at radius 3 is 2.69 bits per heavy atom. The highest BCUT2D eigenvalue weighted by molar-refractivity contribution is 9.09. The van der Waals surface area contributed by atoms with Crippen LogP contribution in [0.3, 0.4) is 0 Å². The molecule has 0 aromatic heterocycles. The molecule has 0 aliphatic heterocycles. The average molecular weight is 247 g/mol. The summed E-state index contributed by atoms with van der Waals surface area (Å²) in [5.74, 6) is -0.148. The van der Waals surface area contributed by atoms with Crippen LogP contribution in [0.5, 0.6) is 0 Å². The van der Waals surface area contributed by atoms with Gasteiger partial charge in [0, 0.05) is 5.33 Å². The number of benzene rings is 1. The Hall–Kier alpha value is -0.410. The van der Waals surface area contributed by atoms with Gasteiger partial charge in [-0.1, -0.05) is 34.1 Å². The zero-order chi connectivity index (χ0) is 9.52. The van der Waals surface area contributed by atoms with Crippen LogP contribution in [-0.2, 0) is 11.2 Å².